The van der Waals surface area contributed by atoms with E-state index >= 15 is 0 Å². The van der Waals surface area contributed by atoms with Gasteiger partial charge in [0.25, 0.3) is 0 Å². The molecule has 4 nitrogen and oxygen atoms in total. The van der Waals surface area contributed by atoms with E-state index in [2.05, 4.69) is 29.3 Å². The van der Waals surface area contributed by atoms with Gasteiger partial charge in [0.2, 0.25) is 0 Å². The monoisotopic (exact) mass is 292 g/mol. The van der Waals surface area contributed by atoms with E-state index in [0.29, 0.717) is 12.6 Å². The number of ether oxygens (including phenoxy) is 2. The van der Waals surface area contributed by atoms with Crippen molar-refractivity contribution in [3.05, 3.63) is 23.8 Å². The average molecular weight is 292 g/mol. The van der Waals surface area contributed by atoms with Crippen LogP contribution in [0.5, 0.6) is 11.5 Å². The van der Waals surface area contributed by atoms with Crippen molar-refractivity contribution in [3.8, 4) is 11.5 Å². The molecule has 0 aliphatic carbocycles. The zero-order valence-corrected chi connectivity index (χ0v) is 13.5. The molecule has 1 N–H and O–H groups in total. The van der Waals surface area contributed by atoms with E-state index in [0.717, 1.165) is 24.6 Å². The molecule has 0 amide bonds. The summed E-state index contributed by atoms with van der Waals surface area (Å²) in [6, 6.07) is 6.64. The van der Waals surface area contributed by atoms with Gasteiger partial charge in [0, 0.05) is 19.1 Å². The normalized spacial score (nSPS) is 16.9. The fraction of sp³-hybridized carbons (Fsp3) is 0.647. The van der Waals surface area contributed by atoms with Crippen LogP contribution in [0, 0.1) is 0 Å². The molecule has 0 bridgehead atoms. The fourth-order valence-electron chi connectivity index (χ4n) is 2.81. The molecular weight excluding hydrogens is 264 g/mol. The standard InChI is InChI=1S/C17H28N2O2/c1-4-21-17-11-15(7-8-16(17)20-3)12-18-14(2)13-19-9-5-6-10-19/h7-8,11,14,18H,4-6,9-10,12-13H2,1-3H3. The van der Waals surface area contributed by atoms with Crippen LogP contribution in [0.1, 0.15) is 32.3 Å². The summed E-state index contributed by atoms with van der Waals surface area (Å²) >= 11 is 0. The first-order chi connectivity index (χ1) is 10.2. The Kier molecular flexibility index (Phi) is 6.33. The predicted octanol–water partition coefficient (Wildman–Crippen LogP) is 2.67. The van der Waals surface area contributed by atoms with Crippen molar-refractivity contribution in [2.75, 3.05) is 33.4 Å². The van der Waals surface area contributed by atoms with Crippen LogP contribution in [-0.4, -0.2) is 44.3 Å². The zero-order valence-electron chi connectivity index (χ0n) is 13.5. The number of nitrogens with one attached hydrogen (secondary N) is 1. The highest BCUT2D eigenvalue weighted by molar-refractivity contribution is 5.42. The first-order valence-electron chi connectivity index (χ1n) is 7.98. The maximum atomic E-state index is 5.62. The Balaban J connectivity index is 1.85. The van der Waals surface area contributed by atoms with Crippen LogP contribution in [-0.2, 0) is 6.54 Å². The number of hydrogen-bond acceptors (Lipinski definition) is 4. The fourth-order valence-corrected chi connectivity index (χ4v) is 2.81. The molecule has 4 heteroatoms. The van der Waals surface area contributed by atoms with Gasteiger partial charge in [-0.25, -0.2) is 0 Å². The van der Waals surface area contributed by atoms with E-state index in [1.54, 1.807) is 7.11 Å². The van der Waals surface area contributed by atoms with E-state index in [1.807, 2.05) is 13.0 Å². The van der Waals surface area contributed by atoms with E-state index in [-0.39, 0.29) is 0 Å². The Morgan fingerprint density at radius 3 is 2.67 bits per heavy atom. The van der Waals surface area contributed by atoms with Crippen LogP contribution in [0.2, 0.25) is 0 Å². The zero-order chi connectivity index (χ0) is 15.1. The SMILES string of the molecule is CCOc1cc(CNC(C)CN2CCCC2)ccc1OC. The summed E-state index contributed by atoms with van der Waals surface area (Å²) in [5, 5.41) is 3.59. The van der Waals surface area contributed by atoms with Crippen LogP contribution >= 0.6 is 0 Å². The van der Waals surface area contributed by atoms with Gasteiger partial charge in [-0.05, 0) is 57.5 Å². The number of likely N-dealkylation sites (tertiary alicyclic amines) is 1. The van der Waals surface area contributed by atoms with E-state index in [9.17, 15) is 0 Å². The van der Waals surface area contributed by atoms with Crippen LogP contribution in [0.3, 0.4) is 0 Å². The number of nitrogens with zero attached hydrogens (tertiary/aromatic N) is 1. The minimum absolute atomic E-state index is 0.501. The van der Waals surface area contributed by atoms with Crippen LogP contribution in [0.15, 0.2) is 18.2 Å². The van der Waals surface area contributed by atoms with Crippen LogP contribution in [0.25, 0.3) is 0 Å². The van der Waals surface area contributed by atoms with Crippen LogP contribution < -0.4 is 14.8 Å². The van der Waals surface area contributed by atoms with Gasteiger partial charge < -0.3 is 19.7 Å². The second-order valence-corrected chi connectivity index (χ2v) is 5.71. The first kappa shape index (κ1) is 16.1. The quantitative estimate of drug-likeness (QED) is 0.799. The number of hydrogen-bond donors (Lipinski definition) is 1. The highest BCUT2D eigenvalue weighted by Crippen LogP contribution is 2.28. The molecule has 2 rings (SSSR count). The number of benzene rings is 1. The molecular formula is C17H28N2O2. The minimum atomic E-state index is 0.501. The maximum absolute atomic E-state index is 5.62. The largest absolute Gasteiger partial charge is 0.493 e. The Labute approximate surface area is 128 Å². The molecule has 118 valence electrons. The first-order valence-corrected chi connectivity index (χ1v) is 7.98. The second kappa shape index (κ2) is 8.25. The molecule has 1 aliphatic rings. The lowest BCUT2D eigenvalue weighted by Gasteiger charge is -2.21. The van der Waals surface area contributed by atoms with Gasteiger partial charge in [-0.3, -0.25) is 0 Å². The van der Waals surface area contributed by atoms with E-state index < -0.39 is 0 Å². The van der Waals surface area contributed by atoms with Crippen molar-refractivity contribution in [3.63, 3.8) is 0 Å². The van der Waals surface area contributed by atoms with E-state index in [1.165, 1.54) is 31.5 Å². The summed E-state index contributed by atoms with van der Waals surface area (Å²) in [6.07, 6.45) is 2.70. The lowest BCUT2D eigenvalue weighted by atomic mass is 10.2. The van der Waals surface area contributed by atoms with E-state index in [4.69, 9.17) is 9.47 Å². The molecule has 1 heterocycles. The molecule has 0 radical (unpaired) electrons. The number of rotatable bonds is 8. The molecule has 1 fully saturated rings. The molecule has 0 saturated carbocycles. The predicted molar refractivity (Wildman–Crippen MR) is 86.1 cm³/mol. The molecule has 0 spiro atoms. The van der Waals surface area contributed by atoms with Crippen molar-refractivity contribution in [1.82, 2.24) is 10.2 Å². The van der Waals surface area contributed by atoms with Crippen LogP contribution in [0.4, 0.5) is 0 Å². The smallest absolute Gasteiger partial charge is 0.161 e. The van der Waals surface area contributed by atoms with Gasteiger partial charge in [-0.1, -0.05) is 6.07 Å². The summed E-state index contributed by atoms with van der Waals surface area (Å²) in [6.45, 7) is 9.39. The lowest BCUT2D eigenvalue weighted by Crippen LogP contribution is -2.37. The van der Waals surface area contributed by atoms with Gasteiger partial charge in [-0.2, -0.15) is 0 Å². The Hall–Kier alpha value is -1.26. The third-order valence-electron chi connectivity index (χ3n) is 3.91. The van der Waals surface area contributed by atoms with Crippen molar-refractivity contribution in [2.45, 2.75) is 39.3 Å². The molecule has 1 aromatic rings. The van der Waals surface area contributed by atoms with Crippen molar-refractivity contribution >= 4 is 0 Å². The molecule has 1 unspecified atom stereocenters. The highest BCUT2D eigenvalue weighted by Gasteiger charge is 2.14. The Morgan fingerprint density at radius 2 is 2.00 bits per heavy atom. The van der Waals surface area contributed by atoms with Gasteiger partial charge >= 0.3 is 0 Å². The minimum Gasteiger partial charge on any atom is -0.493 e. The lowest BCUT2D eigenvalue weighted by molar-refractivity contribution is 0.297. The third kappa shape index (κ3) is 4.90. The Bertz CT molecular complexity index is 431. The van der Waals surface area contributed by atoms with Crippen molar-refractivity contribution < 1.29 is 9.47 Å². The molecule has 1 saturated heterocycles. The summed E-state index contributed by atoms with van der Waals surface area (Å²) in [4.78, 5) is 2.54. The number of methoxy groups -OCH3 is 1. The highest BCUT2D eigenvalue weighted by atomic mass is 16.5. The third-order valence-corrected chi connectivity index (χ3v) is 3.91. The summed E-state index contributed by atoms with van der Waals surface area (Å²) in [7, 11) is 1.67. The average Bonchev–Trinajstić information content (AvgIpc) is 2.98. The summed E-state index contributed by atoms with van der Waals surface area (Å²) in [5.74, 6) is 1.62. The van der Waals surface area contributed by atoms with Gasteiger partial charge in [0.1, 0.15) is 0 Å². The molecule has 0 aromatic heterocycles. The summed E-state index contributed by atoms with van der Waals surface area (Å²) < 4.78 is 10.9. The Morgan fingerprint density at radius 1 is 1.24 bits per heavy atom. The summed E-state index contributed by atoms with van der Waals surface area (Å²) in [5.41, 5.74) is 1.23. The van der Waals surface area contributed by atoms with Crippen molar-refractivity contribution in [2.24, 2.45) is 0 Å². The maximum Gasteiger partial charge on any atom is 0.161 e. The molecule has 21 heavy (non-hydrogen) atoms. The van der Waals surface area contributed by atoms with Crippen molar-refractivity contribution in [1.29, 1.82) is 0 Å². The topological polar surface area (TPSA) is 33.7 Å². The van der Waals surface area contributed by atoms with Gasteiger partial charge in [0.15, 0.2) is 11.5 Å². The molecule has 1 atom stereocenters. The second-order valence-electron chi connectivity index (χ2n) is 5.71. The molecule has 1 aliphatic heterocycles. The van der Waals surface area contributed by atoms with Gasteiger partial charge in [0.05, 0.1) is 13.7 Å². The van der Waals surface area contributed by atoms with Gasteiger partial charge in [-0.15, -0.1) is 0 Å². The molecule has 1 aromatic carbocycles.